The molecule has 9 nitrogen and oxygen atoms in total. The number of rotatable bonds is 6. The van der Waals surface area contributed by atoms with E-state index in [2.05, 4.69) is 30.7 Å². The molecule has 0 unspecified atom stereocenters. The zero-order chi connectivity index (χ0) is 18.0. The lowest BCUT2D eigenvalue weighted by atomic mass is 10.3. The molecule has 10 heteroatoms. The zero-order valence-corrected chi connectivity index (χ0v) is 14.6. The molecule has 132 valence electrons. The van der Waals surface area contributed by atoms with Gasteiger partial charge in [0.05, 0.1) is 17.3 Å². The number of aliphatic hydroxyl groups is 1. The minimum absolute atomic E-state index is 0.00523. The van der Waals surface area contributed by atoms with Crippen molar-refractivity contribution in [1.29, 1.82) is 0 Å². The van der Waals surface area contributed by atoms with E-state index < -0.39 is 0 Å². The summed E-state index contributed by atoms with van der Waals surface area (Å²) in [5.74, 6) is 0.938. The van der Waals surface area contributed by atoms with Crippen molar-refractivity contribution in [1.82, 2.24) is 25.4 Å². The molecule has 0 radical (unpaired) electrons. The molecule has 0 saturated carbocycles. The SMILES string of the molecule is CC(C)N(CCO)c1nc(Nc2ccc(N)c(Cl)c2)c2n[nH]nc2n1. The van der Waals surface area contributed by atoms with E-state index in [1.165, 1.54) is 0 Å². The molecule has 3 rings (SSSR count). The van der Waals surface area contributed by atoms with E-state index >= 15 is 0 Å². The third-order valence-electron chi connectivity index (χ3n) is 3.66. The average Bonchev–Trinajstić information content (AvgIpc) is 3.04. The monoisotopic (exact) mass is 362 g/mol. The van der Waals surface area contributed by atoms with E-state index in [9.17, 15) is 5.11 Å². The molecule has 2 heterocycles. The van der Waals surface area contributed by atoms with E-state index in [-0.39, 0.29) is 12.6 Å². The van der Waals surface area contributed by atoms with Crippen LogP contribution in [0.1, 0.15) is 13.8 Å². The lowest BCUT2D eigenvalue weighted by Gasteiger charge is -2.26. The molecule has 0 aliphatic heterocycles. The van der Waals surface area contributed by atoms with Gasteiger partial charge in [-0.25, -0.2) is 0 Å². The van der Waals surface area contributed by atoms with Crippen molar-refractivity contribution in [3.8, 4) is 0 Å². The predicted molar refractivity (Wildman–Crippen MR) is 98.2 cm³/mol. The third-order valence-corrected chi connectivity index (χ3v) is 3.98. The van der Waals surface area contributed by atoms with Crippen LogP contribution in [0.25, 0.3) is 11.2 Å². The van der Waals surface area contributed by atoms with E-state index in [1.807, 2.05) is 18.7 Å². The Morgan fingerprint density at radius 1 is 1.32 bits per heavy atom. The summed E-state index contributed by atoms with van der Waals surface area (Å²) in [7, 11) is 0. The number of H-pyrrole nitrogens is 1. The summed E-state index contributed by atoms with van der Waals surface area (Å²) < 4.78 is 0. The summed E-state index contributed by atoms with van der Waals surface area (Å²) in [6, 6.07) is 5.32. The summed E-state index contributed by atoms with van der Waals surface area (Å²) >= 11 is 6.07. The number of aliphatic hydroxyl groups excluding tert-OH is 1. The summed E-state index contributed by atoms with van der Waals surface area (Å²) in [6.45, 7) is 4.40. The number of nitrogens with one attached hydrogen (secondary N) is 2. The summed E-state index contributed by atoms with van der Waals surface area (Å²) in [5, 5.41) is 23.6. The van der Waals surface area contributed by atoms with Crippen molar-refractivity contribution in [3.63, 3.8) is 0 Å². The quantitative estimate of drug-likeness (QED) is 0.489. The Kier molecular flexibility index (Phi) is 4.86. The average molecular weight is 363 g/mol. The number of nitrogens with two attached hydrogens (primary N) is 1. The molecule has 3 aromatic rings. The van der Waals surface area contributed by atoms with Crippen molar-refractivity contribution < 1.29 is 5.11 Å². The highest BCUT2D eigenvalue weighted by molar-refractivity contribution is 6.33. The van der Waals surface area contributed by atoms with Gasteiger partial charge in [0.2, 0.25) is 11.6 Å². The van der Waals surface area contributed by atoms with E-state index in [4.69, 9.17) is 17.3 Å². The molecule has 0 atom stereocenters. The molecule has 1 aromatic carbocycles. The van der Waals surface area contributed by atoms with Crippen LogP contribution in [0.2, 0.25) is 5.02 Å². The number of benzene rings is 1. The van der Waals surface area contributed by atoms with Gasteiger partial charge < -0.3 is 21.1 Å². The second kappa shape index (κ2) is 7.08. The smallest absolute Gasteiger partial charge is 0.229 e. The lowest BCUT2D eigenvalue weighted by molar-refractivity contribution is 0.298. The molecule has 0 fully saturated rings. The van der Waals surface area contributed by atoms with Crippen molar-refractivity contribution in [2.24, 2.45) is 0 Å². The molecule has 25 heavy (non-hydrogen) atoms. The van der Waals surface area contributed by atoms with Gasteiger partial charge in [0.15, 0.2) is 11.3 Å². The van der Waals surface area contributed by atoms with Gasteiger partial charge >= 0.3 is 0 Å². The fraction of sp³-hybridized carbons (Fsp3) is 0.333. The topological polar surface area (TPSA) is 129 Å². The maximum Gasteiger partial charge on any atom is 0.229 e. The molecule has 2 aromatic heterocycles. The van der Waals surface area contributed by atoms with Crippen molar-refractivity contribution in [2.45, 2.75) is 19.9 Å². The molecule has 0 spiro atoms. The van der Waals surface area contributed by atoms with Crippen LogP contribution >= 0.6 is 11.6 Å². The van der Waals surface area contributed by atoms with Crippen LogP contribution < -0.4 is 16.0 Å². The maximum absolute atomic E-state index is 9.31. The van der Waals surface area contributed by atoms with Crippen LogP contribution in [-0.4, -0.2) is 49.7 Å². The van der Waals surface area contributed by atoms with Crippen LogP contribution in [0, 0.1) is 0 Å². The highest BCUT2D eigenvalue weighted by atomic mass is 35.5. The van der Waals surface area contributed by atoms with Gasteiger partial charge in [-0.15, -0.1) is 5.10 Å². The molecule has 0 amide bonds. The van der Waals surface area contributed by atoms with Crippen LogP contribution in [0.15, 0.2) is 18.2 Å². The first-order valence-electron chi connectivity index (χ1n) is 7.77. The maximum atomic E-state index is 9.31. The zero-order valence-electron chi connectivity index (χ0n) is 13.9. The minimum atomic E-state index is -0.00523. The van der Waals surface area contributed by atoms with Crippen molar-refractivity contribution >= 4 is 45.9 Å². The Balaban J connectivity index is 2.03. The van der Waals surface area contributed by atoms with Crippen LogP contribution in [0.3, 0.4) is 0 Å². The van der Waals surface area contributed by atoms with Crippen LogP contribution in [0.4, 0.5) is 23.1 Å². The number of fused-ring (bicyclic) bond motifs is 1. The number of aromatic amines is 1. The fourth-order valence-corrected chi connectivity index (χ4v) is 2.57. The Morgan fingerprint density at radius 3 is 2.80 bits per heavy atom. The number of aromatic nitrogens is 5. The molecule has 0 aliphatic carbocycles. The summed E-state index contributed by atoms with van der Waals surface area (Å²) in [6.07, 6.45) is 0. The summed E-state index contributed by atoms with van der Waals surface area (Å²) in [4.78, 5) is 10.9. The van der Waals surface area contributed by atoms with Gasteiger partial charge in [0, 0.05) is 18.3 Å². The summed E-state index contributed by atoms with van der Waals surface area (Å²) in [5.41, 5.74) is 7.89. The van der Waals surface area contributed by atoms with Crippen molar-refractivity contribution in [3.05, 3.63) is 23.2 Å². The molecule has 0 aliphatic rings. The second-order valence-corrected chi connectivity index (χ2v) is 6.15. The highest BCUT2D eigenvalue weighted by Crippen LogP contribution is 2.28. The normalized spacial score (nSPS) is 11.2. The van der Waals surface area contributed by atoms with Gasteiger partial charge in [-0.05, 0) is 32.0 Å². The van der Waals surface area contributed by atoms with Crippen molar-refractivity contribution in [2.75, 3.05) is 29.1 Å². The third kappa shape index (κ3) is 3.57. The number of anilines is 4. The predicted octanol–water partition coefficient (Wildman–Crippen LogP) is 1.93. The Morgan fingerprint density at radius 2 is 2.12 bits per heavy atom. The number of hydrogen-bond acceptors (Lipinski definition) is 8. The number of nitrogens with zero attached hydrogens (tertiary/aromatic N) is 5. The van der Waals surface area contributed by atoms with E-state index in [0.29, 0.717) is 45.9 Å². The molecule has 0 saturated heterocycles. The first kappa shape index (κ1) is 17.2. The Bertz CT molecular complexity index is 881. The number of hydrogen-bond donors (Lipinski definition) is 4. The first-order valence-corrected chi connectivity index (χ1v) is 8.15. The van der Waals surface area contributed by atoms with Crippen LogP contribution in [-0.2, 0) is 0 Å². The van der Waals surface area contributed by atoms with Gasteiger partial charge in [0.25, 0.3) is 0 Å². The number of halogens is 1. The second-order valence-electron chi connectivity index (χ2n) is 5.74. The fourth-order valence-electron chi connectivity index (χ4n) is 2.39. The highest BCUT2D eigenvalue weighted by Gasteiger charge is 2.18. The van der Waals surface area contributed by atoms with Crippen LogP contribution in [0.5, 0.6) is 0 Å². The molecular formula is C15H19ClN8O. The van der Waals surface area contributed by atoms with E-state index in [1.54, 1.807) is 18.2 Å². The lowest BCUT2D eigenvalue weighted by Crippen LogP contribution is -2.35. The van der Waals surface area contributed by atoms with Gasteiger partial charge in [-0.2, -0.15) is 20.3 Å². The van der Waals surface area contributed by atoms with E-state index in [0.717, 1.165) is 0 Å². The Hall–Kier alpha value is -2.65. The largest absolute Gasteiger partial charge is 0.398 e. The van der Waals surface area contributed by atoms with Gasteiger partial charge in [0.1, 0.15) is 0 Å². The molecule has 0 bridgehead atoms. The minimum Gasteiger partial charge on any atom is -0.398 e. The Labute approximate surface area is 149 Å². The molecular weight excluding hydrogens is 344 g/mol. The molecule has 5 N–H and O–H groups in total. The number of nitrogen functional groups attached to an aromatic ring is 1. The van der Waals surface area contributed by atoms with Gasteiger partial charge in [-0.1, -0.05) is 11.6 Å². The first-order chi connectivity index (χ1) is 12.0. The van der Waals surface area contributed by atoms with Gasteiger partial charge in [-0.3, -0.25) is 0 Å². The standard InChI is InChI=1S/C15H19ClN8O/c1-8(2)24(5-6-25)15-19-13(12-14(20-15)22-23-21-12)18-9-3-4-11(17)10(16)7-9/h3-4,7-8,25H,5-6,17H2,1-2H3,(H2,18,19,20,21,22,23).